The molecule has 0 saturated carbocycles. The van der Waals surface area contributed by atoms with E-state index in [1.807, 2.05) is 68.1 Å². The molecule has 7 nitrogen and oxygen atoms in total. The first-order valence-corrected chi connectivity index (χ1v) is 11.6. The van der Waals surface area contributed by atoms with Gasteiger partial charge in [-0.2, -0.15) is 0 Å². The van der Waals surface area contributed by atoms with Gasteiger partial charge in [0.05, 0.1) is 29.2 Å². The van der Waals surface area contributed by atoms with Gasteiger partial charge in [0.15, 0.2) is 0 Å². The van der Waals surface area contributed by atoms with Gasteiger partial charge in [0.25, 0.3) is 5.56 Å². The second-order valence-corrected chi connectivity index (χ2v) is 7.77. The third kappa shape index (κ3) is 5.42. The Bertz CT molecular complexity index is 1120. The van der Waals surface area contributed by atoms with Crippen LogP contribution in [0.25, 0.3) is 16.6 Å². The molecule has 0 fully saturated rings. The molecule has 3 rings (SSSR count). The van der Waals surface area contributed by atoms with Crippen molar-refractivity contribution in [2.75, 3.05) is 26.9 Å². The summed E-state index contributed by atoms with van der Waals surface area (Å²) in [6.45, 7) is 7.45. The van der Waals surface area contributed by atoms with Crippen LogP contribution in [0, 0.1) is 0 Å². The molecule has 7 heteroatoms. The van der Waals surface area contributed by atoms with Crippen molar-refractivity contribution >= 4 is 16.8 Å². The number of rotatable bonds is 11. The quantitative estimate of drug-likeness (QED) is 0.401. The maximum atomic E-state index is 13.7. The van der Waals surface area contributed by atoms with Crippen LogP contribution in [0.1, 0.15) is 51.9 Å². The molecule has 0 N–H and O–H groups in total. The molecule has 0 bridgehead atoms. The molecule has 0 aliphatic heterocycles. The summed E-state index contributed by atoms with van der Waals surface area (Å²) in [4.78, 5) is 33.4. The van der Waals surface area contributed by atoms with Crippen molar-refractivity contribution in [2.24, 2.45) is 0 Å². The third-order valence-electron chi connectivity index (χ3n) is 5.64. The number of benzene rings is 2. The number of methoxy groups -OCH3 is 1. The zero-order valence-electron chi connectivity index (χ0n) is 19.9. The number of fused-ring (bicyclic) bond motifs is 1. The van der Waals surface area contributed by atoms with E-state index in [4.69, 9.17) is 14.5 Å². The number of ether oxygens (including phenoxy) is 2. The topological polar surface area (TPSA) is 73.7 Å². The van der Waals surface area contributed by atoms with Gasteiger partial charge in [-0.15, -0.1) is 0 Å². The molecule has 3 aromatic rings. The molecular weight excluding hydrogens is 418 g/mol. The maximum Gasteiger partial charge on any atom is 0.266 e. The monoisotopic (exact) mass is 451 g/mol. The van der Waals surface area contributed by atoms with Gasteiger partial charge in [-0.1, -0.05) is 26.0 Å². The fourth-order valence-electron chi connectivity index (χ4n) is 4.06. The van der Waals surface area contributed by atoms with Gasteiger partial charge in [0.1, 0.15) is 11.6 Å². The predicted molar refractivity (Wildman–Crippen MR) is 130 cm³/mol. The Hall–Kier alpha value is -3.19. The fourth-order valence-corrected chi connectivity index (χ4v) is 4.06. The van der Waals surface area contributed by atoms with Crippen LogP contribution >= 0.6 is 0 Å². The van der Waals surface area contributed by atoms with Gasteiger partial charge in [0.2, 0.25) is 5.91 Å². The second kappa shape index (κ2) is 11.6. The summed E-state index contributed by atoms with van der Waals surface area (Å²) in [5, 5.41) is 0.540. The second-order valence-electron chi connectivity index (χ2n) is 7.77. The molecule has 0 saturated heterocycles. The molecule has 176 valence electrons. The smallest absolute Gasteiger partial charge is 0.266 e. The fraction of sp³-hybridized carbons (Fsp3) is 0.423. The number of nitrogens with zero attached hydrogens (tertiary/aromatic N) is 3. The number of aromatic nitrogens is 2. The van der Waals surface area contributed by atoms with Crippen LogP contribution in [0.3, 0.4) is 0 Å². The highest BCUT2D eigenvalue weighted by atomic mass is 16.5. The first-order chi connectivity index (χ1) is 16.0. The lowest BCUT2D eigenvalue weighted by Gasteiger charge is -2.32. The van der Waals surface area contributed by atoms with E-state index in [9.17, 15) is 9.59 Å². The summed E-state index contributed by atoms with van der Waals surface area (Å²) in [7, 11) is 1.65. The molecule has 1 unspecified atom stereocenters. The Kier molecular flexibility index (Phi) is 8.60. The highest BCUT2D eigenvalue weighted by Gasteiger charge is 2.28. The average Bonchev–Trinajstić information content (AvgIpc) is 2.84. The normalized spacial score (nSPS) is 12.0. The van der Waals surface area contributed by atoms with E-state index in [1.54, 1.807) is 17.7 Å². The minimum absolute atomic E-state index is 0.0265. The van der Waals surface area contributed by atoms with E-state index in [0.29, 0.717) is 61.4 Å². The van der Waals surface area contributed by atoms with Gasteiger partial charge in [-0.3, -0.25) is 14.2 Å². The van der Waals surface area contributed by atoms with Crippen molar-refractivity contribution < 1.29 is 14.3 Å². The third-order valence-corrected chi connectivity index (χ3v) is 5.64. The van der Waals surface area contributed by atoms with E-state index < -0.39 is 0 Å². The number of para-hydroxylation sites is 1. The van der Waals surface area contributed by atoms with E-state index >= 15 is 0 Å². The number of amides is 1. The minimum Gasteiger partial charge on any atom is -0.494 e. The van der Waals surface area contributed by atoms with Gasteiger partial charge >= 0.3 is 0 Å². The highest BCUT2D eigenvalue weighted by Crippen LogP contribution is 2.27. The molecule has 1 atom stereocenters. The summed E-state index contributed by atoms with van der Waals surface area (Å²) in [6.07, 6.45) is 1.71. The summed E-state index contributed by atoms with van der Waals surface area (Å²) >= 11 is 0. The first kappa shape index (κ1) is 24.5. The van der Waals surface area contributed by atoms with E-state index in [0.717, 1.165) is 5.75 Å². The molecule has 2 aromatic carbocycles. The van der Waals surface area contributed by atoms with Crippen molar-refractivity contribution in [2.45, 2.75) is 46.1 Å². The number of hydrogen-bond donors (Lipinski definition) is 0. The zero-order valence-corrected chi connectivity index (χ0v) is 19.9. The van der Waals surface area contributed by atoms with Crippen molar-refractivity contribution in [3.63, 3.8) is 0 Å². The van der Waals surface area contributed by atoms with Crippen molar-refractivity contribution in [3.05, 3.63) is 64.7 Å². The SMILES string of the molecule is CCOc1ccc(-n2c(C(CC)N(CCCOC)C(=O)CC)nc3ccccc3c2=O)cc1. The highest BCUT2D eigenvalue weighted by molar-refractivity contribution is 5.79. The van der Waals surface area contributed by atoms with Crippen molar-refractivity contribution in [1.82, 2.24) is 14.5 Å². The summed E-state index contributed by atoms with van der Waals surface area (Å²) in [5.41, 5.74) is 1.16. The molecule has 0 spiro atoms. The molecule has 0 radical (unpaired) electrons. The summed E-state index contributed by atoms with van der Waals surface area (Å²) in [5.74, 6) is 1.32. The van der Waals surface area contributed by atoms with Gasteiger partial charge in [0, 0.05) is 26.7 Å². The first-order valence-electron chi connectivity index (χ1n) is 11.6. The lowest BCUT2D eigenvalue weighted by Crippen LogP contribution is -2.39. The lowest BCUT2D eigenvalue weighted by molar-refractivity contribution is -0.133. The number of carbonyl (C=O) groups is 1. The van der Waals surface area contributed by atoms with Crippen LogP contribution in [0.4, 0.5) is 0 Å². The van der Waals surface area contributed by atoms with E-state index in [-0.39, 0.29) is 17.5 Å². The molecule has 0 aliphatic carbocycles. The van der Waals surface area contributed by atoms with Crippen LogP contribution in [0.2, 0.25) is 0 Å². The average molecular weight is 452 g/mol. The summed E-state index contributed by atoms with van der Waals surface area (Å²) < 4.78 is 12.4. The van der Waals surface area contributed by atoms with Gasteiger partial charge < -0.3 is 14.4 Å². The molecule has 0 aliphatic rings. The largest absolute Gasteiger partial charge is 0.494 e. The minimum atomic E-state index is -0.349. The van der Waals surface area contributed by atoms with E-state index in [1.165, 1.54) is 0 Å². The Labute approximate surface area is 195 Å². The van der Waals surface area contributed by atoms with Crippen molar-refractivity contribution in [3.8, 4) is 11.4 Å². The molecule has 1 amide bonds. The van der Waals surface area contributed by atoms with Crippen LogP contribution in [-0.2, 0) is 9.53 Å². The maximum absolute atomic E-state index is 13.7. The van der Waals surface area contributed by atoms with Gasteiger partial charge in [-0.25, -0.2) is 4.98 Å². The van der Waals surface area contributed by atoms with Crippen LogP contribution in [-0.4, -0.2) is 47.2 Å². The number of carbonyl (C=O) groups excluding carboxylic acids is 1. The molecular formula is C26H33N3O4. The molecule has 1 aromatic heterocycles. The standard InChI is InChI=1S/C26H33N3O4/c1-5-23(28(24(30)6-2)17-10-18-32-4)25-27-22-12-9-8-11-21(22)26(31)29(25)19-13-15-20(16-14-19)33-7-3/h8-9,11-16,23H,5-7,10,17-18H2,1-4H3. The molecule has 1 heterocycles. The Morgan fingerprint density at radius 2 is 1.82 bits per heavy atom. The van der Waals surface area contributed by atoms with Crippen LogP contribution < -0.4 is 10.3 Å². The Morgan fingerprint density at radius 3 is 2.45 bits per heavy atom. The number of hydrogen-bond acceptors (Lipinski definition) is 5. The zero-order chi connectivity index (χ0) is 23.8. The Balaban J connectivity index is 2.20. The van der Waals surface area contributed by atoms with Crippen LogP contribution in [0.5, 0.6) is 5.75 Å². The Morgan fingerprint density at radius 1 is 1.09 bits per heavy atom. The predicted octanol–water partition coefficient (Wildman–Crippen LogP) is 4.51. The summed E-state index contributed by atoms with van der Waals surface area (Å²) in [6, 6.07) is 14.4. The molecule has 33 heavy (non-hydrogen) atoms. The lowest BCUT2D eigenvalue weighted by atomic mass is 10.1. The van der Waals surface area contributed by atoms with Gasteiger partial charge in [-0.05, 0) is 56.2 Å². The van der Waals surface area contributed by atoms with Crippen LogP contribution in [0.15, 0.2) is 53.3 Å². The van der Waals surface area contributed by atoms with E-state index in [2.05, 4.69) is 0 Å². The van der Waals surface area contributed by atoms with Crippen molar-refractivity contribution in [1.29, 1.82) is 0 Å².